The van der Waals surface area contributed by atoms with Gasteiger partial charge in [-0.15, -0.1) is 0 Å². The fourth-order valence-corrected chi connectivity index (χ4v) is 4.65. The van der Waals surface area contributed by atoms with Crippen LogP contribution in [-0.4, -0.2) is 35.8 Å². The average Bonchev–Trinajstić information content (AvgIpc) is 3.03. The number of alkyl halides is 3. The molecule has 0 unspecified atom stereocenters. The lowest BCUT2D eigenvalue weighted by molar-refractivity contribution is -0.141. The van der Waals surface area contributed by atoms with Crippen molar-refractivity contribution in [2.24, 2.45) is 5.92 Å². The van der Waals surface area contributed by atoms with Crippen molar-refractivity contribution in [1.82, 2.24) is 14.5 Å². The maximum absolute atomic E-state index is 13.1. The van der Waals surface area contributed by atoms with Gasteiger partial charge < -0.3 is 9.47 Å². The molecule has 30 heavy (non-hydrogen) atoms. The van der Waals surface area contributed by atoms with Crippen LogP contribution >= 0.6 is 0 Å². The summed E-state index contributed by atoms with van der Waals surface area (Å²) in [6.07, 6.45) is -2.43. The van der Waals surface area contributed by atoms with Gasteiger partial charge in [-0.2, -0.15) is 13.2 Å². The monoisotopic (exact) mass is 437 g/mol. The largest absolute Gasteiger partial charge is 0.434 e. The topological polar surface area (TPSA) is 68.1 Å². The molecule has 3 heterocycles. The third-order valence-corrected chi connectivity index (χ3v) is 6.40. The van der Waals surface area contributed by atoms with Crippen molar-refractivity contribution in [3.05, 3.63) is 47.9 Å². The van der Waals surface area contributed by atoms with Crippen molar-refractivity contribution >= 4 is 26.7 Å². The third-order valence-electron chi connectivity index (χ3n) is 5.29. The van der Waals surface area contributed by atoms with Crippen LogP contribution < -0.4 is 4.90 Å². The second-order valence-electron chi connectivity index (χ2n) is 7.76. The van der Waals surface area contributed by atoms with Crippen molar-refractivity contribution < 1.29 is 21.6 Å². The summed E-state index contributed by atoms with van der Waals surface area (Å²) in [6, 6.07) is 8.72. The molecule has 1 radical (unpaired) electrons. The minimum absolute atomic E-state index is 0.00751. The normalized spacial score (nSPS) is 17.6. The van der Waals surface area contributed by atoms with Crippen LogP contribution in [-0.2, 0) is 22.6 Å². The van der Waals surface area contributed by atoms with Crippen LogP contribution in [0, 0.1) is 12.0 Å². The van der Waals surface area contributed by atoms with Crippen molar-refractivity contribution in [3.8, 4) is 0 Å². The van der Waals surface area contributed by atoms with Crippen LogP contribution in [0.15, 0.2) is 35.4 Å². The van der Waals surface area contributed by atoms with Crippen LogP contribution in [0.5, 0.6) is 0 Å². The van der Waals surface area contributed by atoms with Gasteiger partial charge in [0.25, 0.3) is 0 Å². The SMILES string of the molecule is CC(C)[C@@H]1c2cc3ccc(S(C)(=O)=O)cc3n2CCN1c1nc[c]c(C(F)(F)F)n1. The Morgan fingerprint density at radius 2 is 1.93 bits per heavy atom. The molecule has 0 saturated carbocycles. The molecule has 6 nitrogen and oxygen atoms in total. The molecule has 159 valence electrons. The Morgan fingerprint density at radius 3 is 2.57 bits per heavy atom. The van der Waals surface area contributed by atoms with Gasteiger partial charge in [0.15, 0.2) is 15.5 Å². The number of rotatable bonds is 3. The molecule has 1 aliphatic heterocycles. The summed E-state index contributed by atoms with van der Waals surface area (Å²) in [5.74, 6) is 0.0537. The first-order valence-electron chi connectivity index (χ1n) is 9.38. The predicted octanol–water partition coefficient (Wildman–Crippen LogP) is 3.87. The Hall–Kier alpha value is -2.62. The van der Waals surface area contributed by atoms with E-state index < -0.39 is 21.7 Å². The van der Waals surface area contributed by atoms with E-state index in [2.05, 4.69) is 16.0 Å². The Kier molecular flexibility index (Phi) is 4.80. The van der Waals surface area contributed by atoms with Crippen LogP contribution in [0.25, 0.3) is 10.9 Å². The summed E-state index contributed by atoms with van der Waals surface area (Å²) < 4.78 is 65.3. The first-order chi connectivity index (χ1) is 14.0. The smallest absolute Gasteiger partial charge is 0.341 e. The molecular formula is C20H20F3N4O2S. The summed E-state index contributed by atoms with van der Waals surface area (Å²) in [5.41, 5.74) is 0.581. The zero-order valence-corrected chi connectivity index (χ0v) is 17.4. The highest BCUT2D eigenvalue weighted by atomic mass is 32.2. The van der Waals surface area contributed by atoms with E-state index in [1.54, 1.807) is 23.1 Å². The standard InChI is InChI=1S/C20H20F3N4O2S/c1-12(2)18-16-10-13-4-5-14(30(3,28)29)11-15(13)26(16)8-9-27(18)19-24-7-6-17(25-19)20(21,22)23/h4-5,7,10-12,18H,8-9H2,1-3H3/t18-/m1/s1. The number of hydrogen-bond donors (Lipinski definition) is 0. The third kappa shape index (κ3) is 3.53. The maximum Gasteiger partial charge on any atom is 0.434 e. The summed E-state index contributed by atoms with van der Waals surface area (Å²) in [5, 5.41) is 0.878. The van der Waals surface area contributed by atoms with Crippen molar-refractivity contribution in [2.75, 3.05) is 17.7 Å². The quantitative estimate of drug-likeness (QED) is 0.622. The highest BCUT2D eigenvalue weighted by Crippen LogP contribution is 2.39. The molecule has 4 rings (SSSR count). The van der Waals surface area contributed by atoms with Gasteiger partial charge in [0.2, 0.25) is 5.95 Å². The highest BCUT2D eigenvalue weighted by molar-refractivity contribution is 7.90. The molecule has 1 aliphatic rings. The molecule has 0 amide bonds. The van der Waals surface area contributed by atoms with Crippen LogP contribution in [0.4, 0.5) is 19.1 Å². The summed E-state index contributed by atoms with van der Waals surface area (Å²) >= 11 is 0. The minimum Gasteiger partial charge on any atom is -0.341 e. The number of aromatic nitrogens is 3. The van der Waals surface area contributed by atoms with Gasteiger partial charge in [0.1, 0.15) is 0 Å². The van der Waals surface area contributed by atoms with E-state index in [9.17, 15) is 21.6 Å². The molecule has 2 aromatic heterocycles. The number of hydrogen-bond acceptors (Lipinski definition) is 5. The maximum atomic E-state index is 13.1. The van der Waals surface area contributed by atoms with E-state index in [1.807, 2.05) is 24.5 Å². The van der Waals surface area contributed by atoms with Gasteiger partial charge in [-0.05, 0) is 24.1 Å². The van der Waals surface area contributed by atoms with Crippen LogP contribution in [0.2, 0.25) is 0 Å². The number of fused-ring (bicyclic) bond motifs is 3. The zero-order chi connectivity index (χ0) is 21.8. The van der Waals surface area contributed by atoms with Gasteiger partial charge in [0.05, 0.1) is 10.9 Å². The van der Waals surface area contributed by atoms with E-state index >= 15 is 0 Å². The van der Waals surface area contributed by atoms with E-state index in [0.717, 1.165) is 29.0 Å². The second kappa shape index (κ2) is 6.97. The van der Waals surface area contributed by atoms with Crippen molar-refractivity contribution in [2.45, 2.75) is 37.5 Å². The van der Waals surface area contributed by atoms with Gasteiger partial charge >= 0.3 is 6.18 Å². The second-order valence-corrected chi connectivity index (χ2v) is 9.77. The lowest BCUT2D eigenvalue weighted by Crippen LogP contribution is -2.41. The lowest BCUT2D eigenvalue weighted by atomic mass is 9.97. The van der Waals surface area contributed by atoms with Gasteiger partial charge in [-0.1, -0.05) is 19.9 Å². The number of halogens is 3. The molecule has 1 atom stereocenters. The molecule has 1 aromatic carbocycles. The molecule has 0 N–H and O–H groups in total. The zero-order valence-electron chi connectivity index (χ0n) is 16.6. The van der Waals surface area contributed by atoms with Gasteiger partial charge in [-0.25, -0.2) is 18.4 Å². The molecular weight excluding hydrogens is 417 g/mol. The molecule has 0 aliphatic carbocycles. The number of benzene rings is 1. The Morgan fingerprint density at radius 1 is 1.20 bits per heavy atom. The summed E-state index contributed by atoms with van der Waals surface area (Å²) in [6.45, 7) is 4.82. The molecule has 0 fully saturated rings. The van der Waals surface area contributed by atoms with Crippen LogP contribution in [0.3, 0.4) is 0 Å². The molecule has 0 bridgehead atoms. The number of sulfone groups is 1. The van der Waals surface area contributed by atoms with Crippen molar-refractivity contribution in [3.63, 3.8) is 0 Å². The molecule has 10 heteroatoms. The fourth-order valence-electron chi connectivity index (χ4n) is 4.01. The van der Waals surface area contributed by atoms with E-state index in [-0.39, 0.29) is 22.8 Å². The number of nitrogens with zero attached hydrogens (tertiary/aromatic N) is 4. The minimum atomic E-state index is -4.60. The van der Waals surface area contributed by atoms with Gasteiger partial charge in [-0.3, -0.25) is 0 Å². The number of anilines is 1. The molecule has 0 spiro atoms. The van der Waals surface area contributed by atoms with E-state index in [0.29, 0.717) is 13.1 Å². The fraction of sp³-hybridized carbons (Fsp3) is 0.400. The predicted molar refractivity (Wildman–Crippen MR) is 106 cm³/mol. The summed E-state index contributed by atoms with van der Waals surface area (Å²) in [4.78, 5) is 9.78. The first kappa shape index (κ1) is 20.6. The lowest BCUT2D eigenvalue weighted by Gasteiger charge is -2.39. The Balaban J connectivity index is 1.83. The van der Waals surface area contributed by atoms with Crippen molar-refractivity contribution in [1.29, 1.82) is 0 Å². The Labute approximate surface area is 172 Å². The highest BCUT2D eigenvalue weighted by Gasteiger charge is 2.36. The van der Waals surface area contributed by atoms with E-state index in [4.69, 9.17) is 0 Å². The molecule has 0 saturated heterocycles. The van der Waals surface area contributed by atoms with Gasteiger partial charge in [0, 0.05) is 48.2 Å². The van der Waals surface area contributed by atoms with Crippen LogP contribution in [0.1, 0.15) is 31.3 Å². The Bertz CT molecular complexity index is 1220. The summed E-state index contributed by atoms with van der Waals surface area (Å²) in [7, 11) is -3.35. The van der Waals surface area contributed by atoms with E-state index in [1.165, 1.54) is 0 Å². The molecule has 3 aromatic rings. The average molecular weight is 437 g/mol. The first-order valence-corrected chi connectivity index (χ1v) is 11.3.